The number of anilines is 1. The van der Waals surface area contributed by atoms with Crippen LogP contribution in [0.4, 0.5) is 5.95 Å². The molecule has 2 aromatic rings. The number of nitrogens with zero attached hydrogens (tertiary/aromatic N) is 6. The molecule has 1 atom stereocenters. The van der Waals surface area contributed by atoms with Crippen molar-refractivity contribution in [2.24, 2.45) is 4.99 Å². The highest BCUT2D eigenvalue weighted by Crippen LogP contribution is 2.37. The van der Waals surface area contributed by atoms with E-state index in [9.17, 15) is 0 Å². The fourth-order valence-electron chi connectivity index (χ4n) is 4.07. The summed E-state index contributed by atoms with van der Waals surface area (Å²) in [4.78, 5) is 22.6. The lowest BCUT2D eigenvalue weighted by Crippen LogP contribution is -2.47. The first-order valence-corrected chi connectivity index (χ1v) is 9.73. The predicted molar refractivity (Wildman–Crippen MR) is 100 cm³/mol. The van der Waals surface area contributed by atoms with Gasteiger partial charge >= 0.3 is 0 Å². The number of rotatable bonds is 1. The number of guanidine groups is 1. The van der Waals surface area contributed by atoms with E-state index in [1.54, 1.807) is 4.88 Å². The second kappa shape index (κ2) is 5.69. The van der Waals surface area contributed by atoms with Gasteiger partial charge in [0.1, 0.15) is 0 Å². The summed E-state index contributed by atoms with van der Waals surface area (Å²) in [6.45, 7) is 3.81. The maximum Gasteiger partial charge on any atom is 0.225 e. The standard InChI is InChI=1S/C18H22N6S/c1-22(2)17-19-9-12-11-23(6-3-14(12)21-17)18-20-10-15-13-5-8-25-16(13)4-7-24(15)18/h5,8-9,15H,3-4,6-7,10-11H2,1-2H3. The van der Waals surface area contributed by atoms with Crippen LogP contribution in [0, 0.1) is 0 Å². The van der Waals surface area contributed by atoms with E-state index in [2.05, 4.69) is 26.2 Å². The molecule has 0 spiro atoms. The van der Waals surface area contributed by atoms with E-state index in [1.165, 1.54) is 22.8 Å². The molecule has 0 aromatic carbocycles. The van der Waals surface area contributed by atoms with Crippen molar-refractivity contribution >= 4 is 23.2 Å². The highest BCUT2D eigenvalue weighted by molar-refractivity contribution is 7.10. The van der Waals surface area contributed by atoms with Crippen molar-refractivity contribution in [3.63, 3.8) is 0 Å². The third kappa shape index (κ3) is 2.40. The van der Waals surface area contributed by atoms with Crippen molar-refractivity contribution in [2.75, 3.05) is 38.6 Å². The van der Waals surface area contributed by atoms with Gasteiger partial charge in [0.2, 0.25) is 5.95 Å². The van der Waals surface area contributed by atoms with Crippen LogP contribution in [0.2, 0.25) is 0 Å². The molecule has 0 bridgehead atoms. The molecule has 3 aliphatic heterocycles. The molecule has 25 heavy (non-hydrogen) atoms. The van der Waals surface area contributed by atoms with Gasteiger partial charge in [-0.3, -0.25) is 4.99 Å². The van der Waals surface area contributed by atoms with Gasteiger partial charge in [-0.2, -0.15) is 0 Å². The second-order valence-corrected chi connectivity index (χ2v) is 8.11. The lowest BCUT2D eigenvalue weighted by atomic mass is 10.0. The molecule has 1 unspecified atom stereocenters. The summed E-state index contributed by atoms with van der Waals surface area (Å²) in [5.41, 5.74) is 3.91. The zero-order valence-corrected chi connectivity index (χ0v) is 15.5. The van der Waals surface area contributed by atoms with Crippen LogP contribution in [0.15, 0.2) is 22.6 Å². The molecule has 7 heteroatoms. The first-order valence-electron chi connectivity index (χ1n) is 8.85. The lowest BCUT2D eigenvalue weighted by Gasteiger charge is -2.38. The highest BCUT2D eigenvalue weighted by Gasteiger charge is 2.37. The zero-order valence-electron chi connectivity index (χ0n) is 14.6. The topological polar surface area (TPSA) is 47.9 Å². The molecule has 0 saturated heterocycles. The Balaban J connectivity index is 1.38. The molecule has 0 aliphatic carbocycles. The van der Waals surface area contributed by atoms with Gasteiger partial charge in [-0.05, 0) is 23.4 Å². The molecule has 0 amide bonds. The summed E-state index contributed by atoms with van der Waals surface area (Å²) < 4.78 is 0. The normalized spacial score (nSPS) is 21.5. The molecule has 0 fully saturated rings. The zero-order chi connectivity index (χ0) is 17.0. The minimum Gasteiger partial charge on any atom is -0.347 e. The van der Waals surface area contributed by atoms with Crippen molar-refractivity contribution in [1.82, 2.24) is 19.8 Å². The van der Waals surface area contributed by atoms with Gasteiger partial charge in [0.15, 0.2) is 5.96 Å². The molecule has 3 aliphatic rings. The molecule has 2 aromatic heterocycles. The summed E-state index contributed by atoms with van der Waals surface area (Å²) >= 11 is 1.89. The number of aliphatic imine (C=N–C) groups is 1. The summed E-state index contributed by atoms with van der Waals surface area (Å²) in [6.07, 6.45) is 4.09. The van der Waals surface area contributed by atoms with Gasteiger partial charge in [-0.1, -0.05) is 0 Å². The van der Waals surface area contributed by atoms with Gasteiger partial charge in [0.25, 0.3) is 0 Å². The minimum absolute atomic E-state index is 0.443. The number of hydrogen-bond acceptors (Lipinski definition) is 7. The molecule has 5 rings (SSSR count). The van der Waals surface area contributed by atoms with E-state index in [4.69, 9.17) is 9.98 Å². The summed E-state index contributed by atoms with van der Waals surface area (Å²) in [5, 5.41) is 2.23. The Labute approximate surface area is 151 Å². The monoisotopic (exact) mass is 354 g/mol. The second-order valence-electron chi connectivity index (χ2n) is 7.11. The fraction of sp³-hybridized carbons (Fsp3) is 0.500. The lowest BCUT2D eigenvalue weighted by molar-refractivity contribution is 0.271. The quantitative estimate of drug-likeness (QED) is 0.783. The van der Waals surface area contributed by atoms with E-state index in [0.29, 0.717) is 6.04 Å². The fourth-order valence-corrected chi connectivity index (χ4v) is 4.99. The third-order valence-corrected chi connectivity index (χ3v) is 6.36. The first-order chi connectivity index (χ1) is 12.2. The Morgan fingerprint density at radius 1 is 1.24 bits per heavy atom. The molecular formula is C18H22N6S. The molecule has 130 valence electrons. The van der Waals surface area contributed by atoms with E-state index < -0.39 is 0 Å². The van der Waals surface area contributed by atoms with Gasteiger partial charge < -0.3 is 14.7 Å². The summed E-state index contributed by atoms with van der Waals surface area (Å²) in [7, 11) is 3.97. The van der Waals surface area contributed by atoms with Crippen molar-refractivity contribution in [2.45, 2.75) is 25.4 Å². The van der Waals surface area contributed by atoms with Crippen LogP contribution >= 0.6 is 11.3 Å². The van der Waals surface area contributed by atoms with Crippen molar-refractivity contribution in [3.05, 3.63) is 39.3 Å². The van der Waals surface area contributed by atoms with Crippen LogP contribution in [0.5, 0.6) is 0 Å². The number of aromatic nitrogens is 2. The van der Waals surface area contributed by atoms with Crippen LogP contribution in [0.3, 0.4) is 0 Å². The first kappa shape index (κ1) is 15.1. The minimum atomic E-state index is 0.443. The van der Waals surface area contributed by atoms with Crippen LogP contribution < -0.4 is 4.90 Å². The van der Waals surface area contributed by atoms with Crippen LogP contribution in [-0.2, 0) is 19.4 Å². The van der Waals surface area contributed by atoms with Crippen LogP contribution in [-0.4, -0.2) is 59.5 Å². The Morgan fingerprint density at radius 3 is 3.04 bits per heavy atom. The molecular weight excluding hydrogens is 332 g/mol. The van der Waals surface area contributed by atoms with Crippen LogP contribution in [0.1, 0.15) is 27.7 Å². The van der Waals surface area contributed by atoms with Crippen molar-refractivity contribution < 1.29 is 0 Å². The molecule has 0 saturated carbocycles. The van der Waals surface area contributed by atoms with Gasteiger partial charge in [-0.25, -0.2) is 9.97 Å². The van der Waals surface area contributed by atoms with E-state index in [-0.39, 0.29) is 0 Å². The predicted octanol–water partition coefficient (Wildman–Crippen LogP) is 1.93. The Kier molecular flexibility index (Phi) is 3.45. The summed E-state index contributed by atoms with van der Waals surface area (Å²) in [6, 6.07) is 2.73. The van der Waals surface area contributed by atoms with Gasteiger partial charge in [0.05, 0.1) is 18.3 Å². The molecule has 5 heterocycles. The largest absolute Gasteiger partial charge is 0.347 e. The number of thiophene rings is 1. The van der Waals surface area contributed by atoms with E-state index >= 15 is 0 Å². The van der Waals surface area contributed by atoms with E-state index in [1.807, 2.05) is 36.5 Å². The molecule has 6 nitrogen and oxygen atoms in total. The van der Waals surface area contributed by atoms with Gasteiger partial charge in [-0.15, -0.1) is 11.3 Å². The third-order valence-electron chi connectivity index (χ3n) is 5.36. The SMILES string of the molecule is CN(C)c1ncc2c(n1)CCN(C1=NCC3c4ccsc4CCN13)C2. The molecule has 0 radical (unpaired) electrons. The average Bonchev–Trinajstić information content (AvgIpc) is 3.26. The Bertz CT molecular complexity index is 842. The van der Waals surface area contributed by atoms with Crippen LogP contribution in [0.25, 0.3) is 0 Å². The Hall–Kier alpha value is -2.15. The smallest absolute Gasteiger partial charge is 0.225 e. The van der Waals surface area contributed by atoms with Gasteiger partial charge in [0, 0.05) is 56.8 Å². The van der Waals surface area contributed by atoms with E-state index in [0.717, 1.165) is 45.0 Å². The summed E-state index contributed by atoms with van der Waals surface area (Å²) in [5.74, 6) is 1.97. The van der Waals surface area contributed by atoms with Crippen molar-refractivity contribution in [1.29, 1.82) is 0 Å². The Morgan fingerprint density at radius 2 is 2.16 bits per heavy atom. The average molecular weight is 354 g/mol. The number of hydrogen-bond donors (Lipinski definition) is 0. The molecule has 0 N–H and O–H groups in total. The maximum atomic E-state index is 4.93. The van der Waals surface area contributed by atoms with Crippen molar-refractivity contribution in [3.8, 4) is 0 Å². The maximum absolute atomic E-state index is 4.93. The number of fused-ring (bicyclic) bond motifs is 4. The highest BCUT2D eigenvalue weighted by atomic mass is 32.1.